The molecule has 0 radical (unpaired) electrons. The minimum absolute atomic E-state index is 0.0912. The van der Waals surface area contributed by atoms with Crippen molar-refractivity contribution in [1.29, 1.82) is 0 Å². The topological polar surface area (TPSA) is 88.4 Å². The van der Waals surface area contributed by atoms with Crippen LogP contribution in [0.5, 0.6) is 23.0 Å². The predicted molar refractivity (Wildman–Crippen MR) is 126 cm³/mol. The summed E-state index contributed by atoms with van der Waals surface area (Å²) < 4.78 is 24.4. The SMILES string of the molecule is COC(=O)Cn1c(=NC(=O)c2ccc(Oc3ccccc3)cc2)sc2cc3c(cc21)OCCO3. The second-order valence-corrected chi connectivity index (χ2v) is 8.38. The second-order valence-electron chi connectivity index (χ2n) is 7.37. The average molecular weight is 477 g/mol. The summed E-state index contributed by atoms with van der Waals surface area (Å²) in [4.78, 5) is 29.7. The van der Waals surface area contributed by atoms with Gasteiger partial charge in [-0.15, -0.1) is 0 Å². The molecule has 0 bridgehead atoms. The van der Waals surface area contributed by atoms with Crippen molar-refractivity contribution in [3.05, 3.63) is 77.1 Å². The van der Waals surface area contributed by atoms with Gasteiger partial charge in [-0.2, -0.15) is 4.99 Å². The van der Waals surface area contributed by atoms with Gasteiger partial charge in [-0.1, -0.05) is 29.5 Å². The number of methoxy groups -OCH3 is 1. The number of para-hydroxylation sites is 1. The highest BCUT2D eigenvalue weighted by Crippen LogP contribution is 2.35. The number of carbonyl (C=O) groups excluding carboxylic acids is 2. The van der Waals surface area contributed by atoms with Crippen molar-refractivity contribution in [2.24, 2.45) is 4.99 Å². The molecule has 0 atom stereocenters. The molecule has 5 rings (SSSR count). The summed E-state index contributed by atoms with van der Waals surface area (Å²) in [6, 6.07) is 19.7. The summed E-state index contributed by atoms with van der Waals surface area (Å²) in [5, 5.41) is 0. The van der Waals surface area contributed by atoms with Crippen molar-refractivity contribution in [2.75, 3.05) is 20.3 Å². The molecular formula is C25H20N2O6S. The molecule has 34 heavy (non-hydrogen) atoms. The van der Waals surface area contributed by atoms with Crippen molar-refractivity contribution in [1.82, 2.24) is 4.57 Å². The predicted octanol–water partition coefficient (Wildman–Crippen LogP) is 4.18. The van der Waals surface area contributed by atoms with Crippen LogP contribution in [0.25, 0.3) is 10.2 Å². The number of rotatable bonds is 5. The summed E-state index contributed by atoms with van der Waals surface area (Å²) in [6.07, 6.45) is 0. The molecule has 1 aliphatic rings. The maximum Gasteiger partial charge on any atom is 0.325 e. The van der Waals surface area contributed by atoms with Crippen molar-refractivity contribution in [3.8, 4) is 23.0 Å². The lowest BCUT2D eigenvalue weighted by Crippen LogP contribution is -2.22. The van der Waals surface area contributed by atoms with E-state index in [0.717, 1.165) is 4.70 Å². The third kappa shape index (κ3) is 4.51. The molecule has 8 nitrogen and oxygen atoms in total. The number of hydrogen-bond donors (Lipinski definition) is 0. The lowest BCUT2D eigenvalue weighted by atomic mass is 10.2. The minimum Gasteiger partial charge on any atom is -0.486 e. The molecule has 3 aromatic carbocycles. The van der Waals surface area contributed by atoms with Crippen LogP contribution in [0, 0.1) is 0 Å². The van der Waals surface area contributed by atoms with Gasteiger partial charge in [-0.3, -0.25) is 9.59 Å². The van der Waals surface area contributed by atoms with Crippen LogP contribution in [0.15, 0.2) is 71.7 Å². The fraction of sp³-hybridized carbons (Fsp3) is 0.160. The molecule has 172 valence electrons. The molecule has 0 aliphatic carbocycles. The molecule has 0 N–H and O–H groups in total. The lowest BCUT2D eigenvalue weighted by molar-refractivity contribution is -0.141. The summed E-state index contributed by atoms with van der Waals surface area (Å²) >= 11 is 1.28. The number of aromatic nitrogens is 1. The molecule has 2 heterocycles. The summed E-state index contributed by atoms with van der Waals surface area (Å²) in [5.74, 6) is 1.63. The molecular weight excluding hydrogens is 456 g/mol. The zero-order chi connectivity index (χ0) is 23.5. The number of carbonyl (C=O) groups is 2. The van der Waals surface area contributed by atoms with Crippen molar-refractivity contribution in [3.63, 3.8) is 0 Å². The van der Waals surface area contributed by atoms with Gasteiger partial charge < -0.3 is 23.5 Å². The molecule has 0 saturated carbocycles. The van der Waals surface area contributed by atoms with Crippen LogP contribution in [-0.4, -0.2) is 36.8 Å². The first-order chi connectivity index (χ1) is 16.6. The number of thiazole rings is 1. The summed E-state index contributed by atoms with van der Waals surface area (Å²) in [5.41, 5.74) is 1.10. The van der Waals surface area contributed by atoms with Gasteiger partial charge in [0.1, 0.15) is 31.3 Å². The lowest BCUT2D eigenvalue weighted by Gasteiger charge is -2.18. The number of benzene rings is 3. The van der Waals surface area contributed by atoms with Gasteiger partial charge in [0.15, 0.2) is 16.3 Å². The highest BCUT2D eigenvalue weighted by Gasteiger charge is 2.18. The van der Waals surface area contributed by atoms with E-state index < -0.39 is 11.9 Å². The Labute approximate surface area is 198 Å². The number of hydrogen-bond acceptors (Lipinski definition) is 7. The first kappa shape index (κ1) is 21.7. The summed E-state index contributed by atoms with van der Waals surface area (Å²) in [7, 11) is 1.32. The number of esters is 1. The maximum atomic E-state index is 12.9. The van der Waals surface area contributed by atoms with Crippen molar-refractivity contribution >= 4 is 33.4 Å². The molecule has 0 saturated heterocycles. The molecule has 0 unspecified atom stereocenters. The zero-order valence-electron chi connectivity index (χ0n) is 18.2. The first-order valence-electron chi connectivity index (χ1n) is 10.5. The smallest absolute Gasteiger partial charge is 0.325 e. The van der Waals surface area contributed by atoms with E-state index >= 15 is 0 Å². The van der Waals surface area contributed by atoms with E-state index in [4.69, 9.17) is 18.9 Å². The van der Waals surface area contributed by atoms with Crippen LogP contribution in [0.3, 0.4) is 0 Å². The summed E-state index contributed by atoms with van der Waals surface area (Å²) in [6.45, 7) is 0.817. The van der Waals surface area contributed by atoms with Crippen molar-refractivity contribution < 1.29 is 28.5 Å². The fourth-order valence-corrected chi connectivity index (χ4v) is 4.52. The van der Waals surface area contributed by atoms with Gasteiger partial charge >= 0.3 is 5.97 Å². The molecule has 0 fully saturated rings. The molecule has 1 aliphatic heterocycles. The van der Waals surface area contributed by atoms with Gasteiger partial charge in [0.25, 0.3) is 5.91 Å². The Morgan fingerprint density at radius 2 is 1.65 bits per heavy atom. The molecule has 1 aromatic heterocycles. The van der Waals surface area contributed by atoms with Gasteiger partial charge in [-0.25, -0.2) is 0 Å². The average Bonchev–Trinajstić information content (AvgIpc) is 3.18. The Balaban J connectivity index is 1.49. The largest absolute Gasteiger partial charge is 0.486 e. The maximum absolute atomic E-state index is 12.9. The van der Waals surface area contributed by atoms with E-state index in [1.54, 1.807) is 34.9 Å². The van der Waals surface area contributed by atoms with Crippen LogP contribution < -0.4 is 19.0 Å². The van der Waals surface area contributed by atoms with E-state index in [1.807, 2.05) is 36.4 Å². The third-order valence-corrected chi connectivity index (χ3v) is 6.18. The van der Waals surface area contributed by atoms with E-state index in [-0.39, 0.29) is 6.54 Å². The van der Waals surface area contributed by atoms with Crippen LogP contribution in [0.2, 0.25) is 0 Å². The highest BCUT2D eigenvalue weighted by molar-refractivity contribution is 7.16. The van der Waals surface area contributed by atoms with E-state index in [9.17, 15) is 9.59 Å². The molecule has 9 heteroatoms. The van der Waals surface area contributed by atoms with E-state index in [0.29, 0.717) is 52.1 Å². The van der Waals surface area contributed by atoms with E-state index in [1.165, 1.54) is 18.4 Å². The van der Waals surface area contributed by atoms with Gasteiger partial charge in [0.05, 0.1) is 17.3 Å². The standard InChI is InChI=1S/C25H20N2O6S/c1-30-23(28)15-27-19-13-20-21(32-12-11-31-20)14-22(19)34-25(27)26-24(29)16-7-9-18(10-8-16)33-17-5-3-2-4-6-17/h2-10,13-14H,11-12,15H2,1H3. The van der Waals surface area contributed by atoms with Crippen LogP contribution in [0.4, 0.5) is 0 Å². The normalized spacial score (nSPS) is 13.0. The Bertz CT molecular complexity index is 1420. The van der Waals surface area contributed by atoms with Gasteiger partial charge in [-0.05, 0) is 36.4 Å². The monoisotopic (exact) mass is 476 g/mol. The first-order valence-corrected chi connectivity index (χ1v) is 11.3. The number of nitrogens with zero attached hydrogens (tertiary/aromatic N) is 2. The quantitative estimate of drug-likeness (QED) is 0.402. The molecule has 4 aromatic rings. The second kappa shape index (κ2) is 9.40. The molecule has 0 spiro atoms. The Kier molecular flexibility index (Phi) is 6.01. The third-order valence-electron chi connectivity index (χ3n) is 5.14. The fourth-order valence-electron chi connectivity index (χ4n) is 3.48. The van der Waals surface area contributed by atoms with Crippen molar-refractivity contribution in [2.45, 2.75) is 6.54 Å². The number of amides is 1. The highest BCUT2D eigenvalue weighted by atomic mass is 32.1. The number of fused-ring (bicyclic) bond motifs is 2. The minimum atomic E-state index is -0.453. The Hall–Kier alpha value is -4.11. The zero-order valence-corrected chi connectivity index (χ0v) is 19.0. The van der Waals surface area contributed by atoms with Crippen LogP contribution in [0.1, 0.15) is 10.4 Å². The number of ether oxygens (including phenoxy) is 4. The van der Waals surface area contributed by atoms with Crippen LogP contribution >= 0.6 is 11.3 Å². The van der Waals surface area contributed by atoms with Gasteiger partial charge in [0.2, 0.25) is 0 Å². The van der Waals surface area contributed by atoms with Crippen LogP contribution in [-0.2, 0) is 16.1 Å². The Morgan fingerprint density at radius 1 is 0.971 bits per heavy atom. The van der Waals surface area contributed by atoms with Gasteiger partial charge in [0, 0.05) is 17.7 Å². The van der Waals surface area contributed by atoms with E-state index in [2.05, 4.69) is 4.99 Å². The molecule has 1 amide bonds. The Morgan fingerprint density at radius 3 is 2.35 bits per heavy atom.